The molecule has 2 saturated carbocycles. The second kappa shape index (κ2) is 11.9. The number of nitrogens with zero attached hydrogens (tertiary/aromatic N) is 1. The Kier molecular flexibility index (Phi) is 9.86. The summed E-state index contributed by atoms with van der Waals surface area (Å²) in [5.74, 6) is 1.91. The highest BCUT2D eigenvalue weighted by atomic mass is 32.2. The molecule has 0 radical (unpaired) electrons. The normalized spacial score (nSPS) is 20.4. The number of aliphatic imine (C=N–C) groups is 1. The average molecular weight is 403 g/mol. The maximum absolute atomic E-state index is 12.0. The van der Waals surface area contributed by atoms with E-state index in [9.17, 15) is 8.42 Å². The summed E-state index contributed by atoms with van der Waals surface area (Å²) < 4.78 is 32.7. The molecule has 2 fully saturated rings. The molecule has 0 aromatic carbocycles. The van der Waals surface area contributed by atoms with Gasteiger partial charge in [-0.05, 0) is 50.9 Å². The molecule has 27 heavy (non-hydrogen) atoms. The van der Waals surface area contributed by atoms with E-state index in [0.717, 1.165) is 32.4 Å². The Balaban J connectivity index is 1.62. The maximum atomic E-state index is 12.0. The minimum atomic E-state index is -3.22. The zero-order chi connectivity index (χ0) is 19.5. The summed E-state index contributed by atoms with van der Waals surface area (Å²) in [5.41, 5.74) is 0. The lowest BCUT2D eigenvalue weighted by Crippen LogP contribution is -2.43. The van der Waals surface area contributed by atoms with Crippen LogP contribution in [-0.2, 0) is 14.8 Å². The molecule has 0 aromatic heterocycles. The molecule has 0 amide bonds. The molecule has 1 atom stereocenters. The van der Waals surface area contributed by atoms with Crippen LogP contribution in [0.25, 0.3) is 0 Å². The number of hydrogen-bond acceptors (Lipinski definition) is 4. The number of ether oxygens (including phenoxy) is 1. The number of guanidine groups is 1. The summed E-state index contributed by atoms with van der Waals surface area (Å²) >= 11 is 0. The molecule has 0 heterocycles. The van der Waals surface area contributed by atoms with Gasteiger partial charge in [0.25, 0.3) is 0 Å². The number of nitrogens with one attached hydrogen (secondary N) is 3. The molecule has 2 aliphatic carbocycles. The molecule has 0 spiro atoms. The van der Waals surface area contributed by atoms with Crippen molar-refractivity contribution in [3.63, 3.8) is 0 Å². The average Bonchev–Trinajstić information content (AvgIpc) is 3.12. The van der Waals surface area contributed by atoms with Gasteiger partial charge in [-0.25, -0.2) is 13.1 Å². The quantitative estimate of drug-likeness (QED) is 0.342. The van der Waals surface area contributed by atoms with Crippen molar-refractivity contribution in [1.82, 2.24) is 15.4 Å². The van der Waals surface area contributed by atoms with E-state index in [1.54, 1.807) is 7.05 Å². The van der Waals surface area contributed by atoms with E-state index in [1.165, 1.54) is 32.1 Å². The van der Waals surface area contributed by atoms with E-state index in [2.05, 4.69) is 27.3 Å². The molecular formula is C19H38N4O3S. The fraction of sp³-hybridized carbons (Fsp3) is 0.947. The van der Waals surface area contributed by atoms with E-state index in [4.69, 9.17) is 4.74 Å². The van der Waals surface area contributed by atoms with Crippen molar-refractivity contribution in [2.75, 3.05) is 39.0 Å². The first kappa shape index (κ1) is 22.4. The van der Waals surface area contributed by atoms with E-state index < -0.39 is 10.0 Å². The minimum absolute atomic E-state index is 0.0596. The standard InChI is InChI=1S/C19H38N4O3S/c1-3-26-18(17-9-4-5-10-17)11-12-21-19(20-2)22-13-14-27(24,25)23-15-16-7-6-8-16/h16-18,23H,3-15H2,1-2H3,(H2,20,21,22). The summed E-state index contributed by atoms with van der Waals surface area (Å²) in [4.78, 5) is 4.18. The van der Waals surface area contributed by atoms with E-state index in [1.807, 2.05) is 0 Å². The van der Waals surface area contributed by atoms with Crippen LogP contribution in [0.4, 0.5) is 0 Å². The summed E-state index contributed by atoms with van der Waals surface area (Å²) in [6.45, 7) is 4.50. The Morgan fingerprint density at radius 2 is 1.81 bits per heavy atom. The summed E-state index contributed by atoms with van der Waals surface area (Å²) in [5, 5.41) is 6.38. The zero-order valence-electron chi connectivity index (χ0n) is 17.0. The first-order valence-electron chi connectivity index (χ1n) is 10.6. The van der Waals surface area contributed by atoms with Gasteiger partial charge in [0.1, 0.15) is 0 Å². The second-order valence-corrected chi connectivity index (χ2v) is 9.64. The van der Waals surface area contributed by atoms with Crippen LogP contribution in [0.2, 0.25) is 0 Å². The third kappa shape index (κ3) is 8.35. The molecule has 0 bridgehead atoms. The first-order valence-corrected chi connectivity index (χ1v) is 12.2. The Morgan fingerprint density at radius 3 is 2.41 bits per heavy atom. The van der Waals surface area contributed by atoms with Gasteiger partial charge in [-0.3, -0.25) is 4.99 Å². The molecule has 0 aliphatic heterocycles. The lowest BCUT2D eigenvalue weighted by molar-refractivity contribution is 0.0169. The predicted octanol–water partition coefficient (Wildman–Crippen LogP) is 1.86. The van der Waals surface area contributed by atoms with Crippen molar-refractivity contribution < 1.29 is 13.2 Å². The van der Waals surface area contributed by atoms with Crippen molar-refractivity contribution in [3.05, 3.63) is 0 Å². The topological polar surface area (TPSA) is 91.8 Å². The highest BCUT2D eigenvalue weighted by Gasteiger charge is 2.25. The highest BCUT2D eigenvalue weighted by molar-refractivity contribution is 7.89. The second-order valence-electron chi connectivity index (χ2n) is 7.72. The number of hydrogen-bond donors (Lipinski definition) is 3. The zero-order valence-corrected chi connectivity index (χ0v) is 17.8. The summed E-state index contributed by atoms with van der Waals surface area (Å²) in [6.07, 6.45) is 9.91. The van der Waals surface area contributed by atoms with Crippen LogP contribution in [0, 0.1) is 11.8 Å². The van der Waals surface area contributed by atoms with Crippen molar-refractivity contribution in [2.24, 2.45) is 16.8 Å². The lowest BCUT2D eigenvalue weighted by atomic mass is 9.86. The maximum Gasteiger partial charge on any atom is 0.213 e. The SMILES string of the molecule is CCOC(CCNC(=NC)NCCS(=O)(=O)NCC1CCC1)C1CCCC1. The molecular weight excluding hydrogens is 364 g/mol. The summed E-state index contributed by atoms with van der Waals surface area (Å²) in [6, 6.07) is 0. The number of rotatable bonds is 12. The fourth-order valence-corrected chi connectivity index (χ4v) is 4.87. The lowest BCUT2D eigenvalue weighted by Gasteiger charge is -2.25. The van der Waals surface area contributed by atoms with Crippen LogP contribution in [0.1, 0.15) is 58.3 Å². The van der Waals surface area contributed by atoms with Crippen LogP contribution in [0.5, 0.6) is 0 Å². The van der Waals surface area contributed by atoms with Crippen LogP contribution >= 0.6 is 0 Å². The van der Waals surface area contributed by atoms with Gasteiger partial charge in [-0.15, -0.1) is 0 Å². The van der Waals surface area contributed by atoms with E-state index >= 15 is 0 Å². The predicted molar refractivity (Wildman–Crippen MR) is 110 cm³/mol. The van der Waals surface area contributed by atoms with Crippen molar-refractivity contribution >= 4 is 16.0 Å². The molecule has 3 N–H and O–H groups in total. The van der Waals surface area contributed by atoms with Gasteiger partial charge < -0.3 is 15.4 Å². The van der Waals surface area contributed by atoms with Gasteiger partial charge in [0.05, 0.1) is 11.9 Å². The molecule has 0 saturated heterocycles. The van der Waals surface area contributed by atoms with Crippen molar-refractivity contribution in [1.29, 1.82) is 0 Å². The van der Waals surface area contributed by atoms with Gasteiger partial charge in [-0.1, -0.05) is 19.3 Å². The smallest absolute Gasteiger partial charge is 0.213 e. The van der Waals surface area contributed by atoms with Crippen LogP contribution in [-0.4, -0.2) is 59.5 Å². The largest absolute Gasteiger partial charge is 0.378 e. The van der Waals surface area contributed by atoms with Gasteiger partial charge in [0.2, 0.25) is 10.0 Å². The molecule has 7 nitrogen and oxygen atoms in total. The molecule has 2 aliphatic rings. The fourth-order valence-electron chi connectivity index (χ4n) is 3.87. The van der Waals surface area contributed by atoms with Crippen LogP contribution in [0.3, 0.4) is 0 Å². The van der Waals surface area contributed by atoms with Gasteiger partial charge in [0.15, 0.2) is 5.96 Å². The molecule has 158 valence electrons. The number of sulfonamides is 1. The van der Waals surface area contributed by atoms with E-state index in [0.29, 0.717) is 37.0 Å². The minimum Gasteiger partial charge on any atom is -0.378 e. The Bertz CT molecular complexity index is 543. The monoisotopic (exact) mass is 402 g/mol. The Labute approximate surface area is 165 Å². The molecule has 1 unspecified atom stereocenters. The van der Waals surface area contributed by atoms with Gasteiger partial charge in [0, 0.05) is 33.3 Å². The van der Waals surface area contributed by atoms with Crippen LogP contribution < -0.4 is 15.4 Å². The van der Waals surface area contributed by atoms with Crippen molar-refractivity contribution in [3.8, 4) is 0 Å². The van der Waals surface area contributed by atoms with Crippen LogP contribution in [0.15, 0.2) is 4.99 Å². The highest BCUT2D eigenvalue weighted by Crippen LogP contribution is 2.30. The van der Waals surface area contributed by atoms with Crippen molar-refractivity contribution in [2.45, 2.75) is 64.4 Å². The Hall–Kier alpha value is -0.860. The molecule has 2 rings (SSSR count). The third-order valence-electron chi connectivity index (χ3n) is 5.73. The van der Waals surface area contributed by atoms with Gasteiger partial charge >= 0.3 is 0 Å². The third-order valence-corrected chi connectivity index (χ3v) is 7.08. The van der Waals surface area contributed by atoms with E-state index in [-0.39, 0.29) is 5.75 Å². The Morgan fingerprint density at radius 1 is 1.11 bits per heavy atom. The summed E-state index contributed by atoms with van der Waals surface area (Å²) in [7, 11) is -1.52. The first-order chi connectivity index (χ1) is 13.0. The van der Waals surface area contributed by atoms with Gasteiger partial charge in [-0.2, -0.15) is 0 Å². The molecule has 8 heteroatoms. The molecule has 0 aromatic rings.